The Bertz CT molecular complexity index is 544. The molecule has 1 heterocycles. The van der Waals surface area contributed by atoms with Crippen molar-refractivity contribution < 1.29 is 0 Å². The van der Waals surface area contributed by atoms with Crippen molar-refractivity contribution in [1.29, 1.82) is 0 Å². The molecule has 0 aliphatic carbocycles. The minimum atomic E-state index is 0.179. The molecule has 100 valence electrons. The number of hydrogen-bond donors (Lipinski definition) is 1. The van der Waals surface area contributed by atoms with E-state index in [4.69, 9.17) is 5.73 Å². The zero-order valence-corrected chi connectivity index (χ0v) is 12.4. The molecule has 0 fully saturated rings. The van der Waals surface area contributed by atoms with E-state index in [0.717, 1.165) is 15.6 Å². The summed E-state index contributed by atoms with van der Waals surface area (Å²) in [7, 11) is 0. The second-order valence-electron chi connectivity index (χ2n) is 5.39. The van der Waals surface area contributed by atoms with Crippen molar-refractivity contribution >= 4 is 11.8 Å². The molecular formula is C15H19N3S. The highest BCUT2D eigenvalue weighted by Crippen LogP contribution is 2.30. The Morgan fingerprint density at radius 2 is 1.68 bits per heavy atom. The van der Waals surface area contributed by atoms with Gasteiger partial charge in [-0.15, -0.1) is 0 Å². The summed E-state index contributed by atoms with van der Waals surface area (Å²) < 4.78 is 0. The van der Waals surface area contributed by atoms with Gasteiger partial charge in [-0.3, -0.25) is 4.98 Å². The number of nitrogens with two attached hydrogens (primary N) is 1. The zero-order chi connectivity index (χ0) is 13.9. The van der Waals surface area contributed by atoms with Crippen molar-refractivity contribution in [2.24, 2.45) is 5.73 Å². The fraction of sp³-hybridized carbons (Fsp3) is 0.333. The Hall–Kier alpha value is -1.39. The van der Waals surface area contributed by atoms with E-state index in [1.807, 2.05) is 0 Å². The molecule has 0 spiro atoms. The normalized spacial score (nSPS) is 11.6. The van der Waals surface area contributed by atoms with Gasteiger partial charge in [0.1, 0.15) is 5.03 Å². The van der Waals surface area contributed by atoms with Crippen molar-refractivity contribution in [1.82, 2.24) is 9.97 Å². The smallest absolute Gasteiger partial charge is 0.124 e. The van der Waals surface area contributed by atoms with Crippen LogP contribution in [0.4, 0.5) is 0 Å². The first-order valence-corrected chi connectivity index (χ1v) is 7.10. The summed E-state index contributed by atoms with van der Waals surface area (Å²) >= 11 is 1.60. The third kappa shape index (κ3) is 3.55. The van der Waals surface area contributed by atoms with Crippen LogP contribution in [0, 0.1) is 0 Å². The molecular weight excluding hydrogens is 254 g/mol. The van der Waals surface area contributed by atoms with Gasteiger partial charge in [0.15, 0.2) is 0 Å². The van der Waals surface area contributed by atoms with E-state index >= 15 is 0 Å². The van der Waals surface area contributed by atoms with Gasteiger partial charge in [-0.05, 0) is 23.1 Å². The van der Waals surface area contributed by atoms with Gasteiger partial charge >= 0.3 is 0 Å². The van der Waals surface area contributed by atoms with Gasteiger partial charge in [-0.2, -0.15) is 0 Å². The maximum atomic E-state index is 5.67. The summed E-state index contributed by atoms with van der Waals surface area (Å²) in [6.45, 7) is 7.05. The van der Waals surface area contributed by atoms with Gasteiger partial charge in [0, 0.05) is 23.8 Å². The molecule has 3 nitrogen and oxygen atoms in total. The number of nitrogens with zero attached hydrogens (tertiary/aromatic N) is 2. The first-order valence-electron chi connectivity index (χ1n) is 6.29. The topological polar surface area (TPSA) is 51.8 Å². The summed E-state index contributed by atoms with van der Waals surface area (Å²) in [5.41, 5.74) is 8.02. The Morgan fingerprint density at radius 1 is 1.05 bits per heavy atom. The zero-order valence-electron chi connectivity index (χ0n) is 11.6. The van der Waals surface area contributed by atoms with Gasteiger partial charge in [0.25, 0.3) is 0 Å². The van der Waals surface area contributed by atoms with Crippen LogP contribution in [0.15, 0.2) is 46.6 Å². The fourth-order valence-electron chi connectivity index (χ4n) is 1.71. The van der Waals surface area contributed by atoms with Crippen molar-refractivity contribution in [3.63, 3.8) is 0 Å². The van der Waals surface area contributed by atoms with Crippen molar-refractivity contribution in [3.8, 4) is 0 Å². The van der Waals surface area contributed by atoms with Gasteiger partial charge in [-0.1, -0.05) is 44.7 Å². The number of rotatable bonds is 3. The molecule has 1 aromatic carbocycles. The minimum Gasteiger partial charge on any atom is -0.325 e. The van der Waals surface area contributed by atoms with Crippen molar-refractivity contribution in [2.45, 2.75) is 42.7 Å². The van der Waals surface area contributed by atoms with Gasteiger partial charge < -0.3 is 5.73 Å². The van der Waals surface area contributed by atoms with Gasteiger partial charge in [0.2, 0.25) is 0 Å². The van der Waals surface area contributed by atoms with E-state index in [1.54, 1.807) is 24.2 Å². The Labute approximate surface area is 118 Å². The lowest BCUT2D eigenvalue weighted by molar-refractivity contribution is 0.590. The summed E-state index contributed by atoms with van der Waals surface area (Å²) in [6.07, 6.45) is 3.37. The van der Waals surface area contributed by atoms with E-state index in [9.17, 15) is 0 Å². The second-order valence-corrected chi connectivity index (χ2v) is 6.45. The molecule has 2 aromatic rings. The van der Waals surface area contributed by atoms with Crippen molar-refractivity contribution in [2.75, 3.05) is 0 Å². The first kappa shape index (κ1) is 14.0. The predicted molar refractivity (Wildman–Crippen MR) is 79.2 cm³/mol. The molecule has 0 amide bonds. The average molecular weight is 273 g/mol. The molecule has 0 saturated carbocycles. The molecule has 0 saturated heterocycles. The van der Waals surface area contributed by atoms with Crippen LogP contribution in [0.2, 0.25) is 0 Å². The molecule has 0 aliphatic heterocycles. The highest BCUT2D eigenvalue weighted by atomic mass is 32.2. The molecule has 19 heavy (non-hydrogen) atoms. The van der Waals surface area contributed by atoms with Crippen LogP contribution in [-0.4, -0.2) is 9.97 Å². The predicted octanol–water partition coefficient (Wildman–Crippen LogP) is 3.38. The van der Waals surface area contributed by atoms with E-state index in [1.165, 1.54) is 5.56 Å². The van der Waals surface area contributed by atoms with Crippen LogP contribution in [0.3, 0.4) is 0 Å². The van der Waals surface area contributed by atoms with Crippen LogP contribution in [0.1, 0.15) is 32.0 Å². The first-order chi connectivity index (χ1) is 9.00. The summed E-state index contributed by atoms with van der Waals surface area (Å²) in [5.74, 6) is 0. The Balaban J connectivity index is 2.20. The summed E-state index contributed by atoms with van der Waals surface area (Å²) in [5, 5.41) is 0.883. The lowest BCUT2D eigenvalue weighted by Crippen LogP contribution is -2.10. The van der Waals surface area contributed by atoms with Gasteiger partial charge in [0.05, 0.1) is 5.69 Å². The fourth-order valence-corrected chi connectivity index (χ4v) is 2.58. The van der Waals surface area contributed by atoms with Gasteiger partial charge in [-0.25, -0.2) is 4.98 Å². The Kier molecular flexibility index (Phi) is 4.22. The lowest BCUT2D eigenvalue weighted by atomic mass is 9.87. The number of aromatic nitrogens is 2. The van der Waals surface area contributed by atoms with Crippen molar-refractivity contribution in [3.05, 3.63) is 47.9 Å². The third-order valence-electron chi connectivity index (χ3n) is 2.86. The SMILES string of the molecule is CC(C)(C)c1ccc(Sc2nccnc2CN)cc1. The van der Waals surface area contributed by atoms with Crippen LogP contribution < -0.4 is 5.73 Å². The standard InChI is InChI=1S/C15H19N3S/c1-15(2,3)11-4-6-12(7-5-11)19-14-13(10-16)17-8-9-18-14/h4-9H,10,16H2,1-3H3. The molecule has 1 aromatic heterocycles. The van der Waals surface area contributed by atoms with E-state index in [-0.39, 0.29) is 5.41 Å². The van der Waals surface area contributed by atoms with Crippen LogP contribution in [0.5, 0.6) is 0 Å². The molecule has 0 radical (unpaired) electrons. The lowest BCUT2D eigenvalue weighted by Gasteiger charge is -2.19. The summed E-state index contributed by atoms with van der Waals surface area (Å²) in [4.78, 5) is 9.73. The molecule has 0 atom stereocenters. The quantitative estimate of drug-likeness (QED) is 0.931. The molecule has 2 rings (SSSR count). The maximum absolute atomic E-state index is 5.67. The van der Waals surface area contributed by atoms with Crippen LogP contribution >= 0.6 is 11.8 Å². The molecule has 2 N–H and O–H groups in total. The monoisotopic (exact) mass is 273 g/mol. The molecule has 0 bridgehead atoms. The largest absolute Gasteiger partial charge is 0.325 e. The van der Waals surface area contributed by atoms with E-state index < -0.39 is 0 Å². The minimum absolute atomic E-state index is 0.179. The highest BCUT2D eigenvalue weighted by molar-refractivity contribution is 7.99. The third-order valence-corrected chi connectivity index (χ3v) is 3.91. The van der Waals surface area contributed by atoms with Crippen LogP contribution in [-0.2, 0) is 12.0 Å². The molecule has 4 heteroatoms. The maximum Gasteiger partial charge on any atom is 0.124 e. The van der Waals surface area contributed by atoms with E-state index in [0.29, 0.717) is 6.54 Å². The summed E-state index contributed by atoms with van der Waals surface area (Å²) in [6, 6.07) is 8.59. The van der Waals surface area contributed by atoms with E-state index in [2.05, 4.69) is 55.0 Å². The highest BCUT2D eigenvalue weighted by Gasteiger charge is 2.13. The number of hydrogen-bond acceptors (Lipinski definition) is 4. The number of benzene rings is 1. The Morgan fingerprint density at radius 3 is 2.26 bits per heavy atom. The van der Waals surface area contributed by atoms with Crippen LogP contribution in [0.25, 0.3) is 0 Å². The second kappa shape index (κ2) is 5.72. The average Bonchev–Trinajstić information content (AvgIpc) is 2.39. The molecule has 0 aliphatic rings. The molecule has 0 unspecified atom stereocenters.